The number of ketones is 1. The fraction of sp³-hybridized carbons (Fsp3) is 0.0714. The number of nitrogens with zero attached hydrogens (tertiary/aromatic N) is 1. The van der Waals surface area contributed by atoms with E-state index >= 15 is 0 Å². The van der Waals surface area contributed by atoms with Crippen LogP contribution in [0.15, 0.2) is 41.5 Å². The molecule has 0 aliphatic heterocycles. The van der Waals surface area contributed by atoms with Gasteiger partial charge in [-0.25, -0.2) is 14.2 Å². The topological polar surface area (TPSA) is 87.5 Å². The van der Waals surface area contributed by atoms with Crippen LogP contribution in [0.5, 0.6) is 0 Å². The molecule has 21 heavy (non-hydrogen) atoms. The summed E-state index contributed by atoms with van der Waals surface area (Å²) >= 11 is 1.03. The van der Waals surface area contributed by atoms with Crippen molar-refractivity contribution in [2.75, 3.05) is 0 Å². The largest absolute Gasteiger partial charge is 0.502 e. The van der Waals surface area contributed by atoms with Gasteiger partial charge in [-0.2, -0.15) is 0 Å². The number of benzene rings is 1. The molecule has 7 heteroatoms. The number of hydrogen-bond donors (Lipinski definition) is 2. The van der Waals surface area contributed by atoms with E-state index in [0.717, 1.165) is 11.3 Å². The van der Waals surface area contributed by atoms with Crippen LogP contribution in [0.2, 0.25) is 0 Å². The third-order valence-corrected chi connectivity index (χ3v) is 3.43. The molecule has 2 N–H and O–H groups in total. The van der Waals surface area contributed by atoms with E-state index in [0.29, 0.717) is 23.8 Å². The molecule has 1 heterocycles. The molecule has 0 aliphatic carbocycles. The molecule has 0 aliphatic rings. The number of carboxylic acids is 1. The van der Waals surface area contributed by atoms with Gasteiger partial charge in [-0.3, -0.25) is 4.79 Å². The molecule has 0 bridgehead atoms. The highest BCUT2D eigenvalue weighted by Gasteiger charge is 2.13. The molecule has 5 nitrogen and oxygen atoms in total. The van der Waals surface area contributed by atoms with Crippen LogP contribution in [0.1, 0.15) is 21.1 Å². The number of aromatic nitrogens is 1. The van der Waals surface area contributed by atoms with E-state index in [1.165, 1.54) is 12.1 Å². The number of carbonyl (C=O) groups is 2. The third kappa shape index (κ3) is 3.96. The van der Waals surface area contributed by atoms with E-state index in [1.807, 2.05) is 0 Å². The van der Waals surface area contributed by atoms with E-state index < -0.39 is 17.5 Å². The van der Waals surface area contributed by atoms with Gasteiger partial charge in [0.05, 0.1) is 5.69 Å². The quantitative estimate of drug-likeness (QED) is 0.503. The van der Waals surface area contributed by atoms with Crippen molar-refractivity contribution in [1.29, 1.82) is 0 Å². The Balaban J connectivity index is 2.13. The zero-order valence-electron chi connectivity index (χ0n) is 10.6. The minimum Gasteiger partial charge on any atom is -0.502 e. The van der Waals surface area contributed by atoms with Crippen molar-refractivity contribution in [3.05, 3.63) is 63.6 Å². The summed E-state index contributed by atoms with van der Waals surface area (Å²) in [6.45, 7) is 0. The molecule has 1 aromatic heterocycles. The van der Waals surface area contributed by atoms with Crippen LogP contribution >= 0.6 is 11.3 Å². The van der Waals surface area contributed by atoms with Gasteiger partial charge in [0.1, 0.15) is 5.82 Å². The average molecular weight is 307 g/mol. The number of aliphatic hydroxyl groups is 1. The van der Waals surface area contributed by atoms with Crippen LogP contribution in [0, 0.1) is 5.82 Å². The lowest BCUT2D eigenvalue weighted by Gasteiger charge is -1.97. The standard InChI is InChI=1S/C14H10FNO4S/c15-9-3-1-2-8(4-9)5-10-7-21-13(16-10)11(17)6-12(18)14(19)20/h1-4,6-7,18H,5H2,(H,19,20)/b12-6-. The number of carboxylic acid groups (broad SMARTS) is 1. The van der Waals surface area contributed by atoms with Crippen molar-refractivity contribution < 1.29 is 24.2 Å². The second kappa shape index (κ2) is 6.27. The lowest BCUT2D eigenvalue weighted by Crippen LogP contribution is -2.04. The monoisotopic (exact) mass is 307 g/mol. The number of aliphatic hydroxyl groups excluding tert-OH is 1. The Morgan fingerprint density at radius 3 is 2.76 bits per heavy atom. The van der Waals surface area contributed by atoms with Crippen LogP contribution < -0.4 is 0 Å². The van der Waals surface area contributed by atoms with Gasteiger partial charge in [-0.05, 0) is 17.7 Å². The summed E-state index contributed by atoms with van der Waals surface area (Å²) in [7, 11) is 0. The van der Waals surface area contributed by atoms with E-state index in [-0.39, 0.29) is 10.8 Å². The van der Waals surface area contributed by atoms with Gasteiger partial charge in [0.2, 0.25) is 11.5 Å². The van der Waals surface area contributed by atoms with E-state index in [9.17, 15) is 14.0 Å². The SMILES string of the molecule is O=C(O)/C(O)=C/C(=O)c1nc(Cc2cccc(F)c2)cs1. The minimum absolute atomic E-state index is 0.0641. The first-order valence-electron chi connectivity index (χ1n) is 5.83. The van der Waals surface area contributed by atoms with Gasteiger partial charge in [-0.1, -0.05) is 12.1 Å². The maximum absolute atomic E-state index is 13.1. The lowest BCUT2D eigenvalue weighted by atomic mass is 10.1. The molecule has 2 rings (SSSR count). The fourth-order valence-corrected chi connectivity index (χ4v) is 2.33. The summed E-state index contributed by atoms with van der Waals surface area (Å²) < 4.78 is 13.1. The summed E-state index contributed by atoms with van der Waals surface area (Å²) in [6.07, 6.45) is 0.962. The van der Waals surface area contributed by atoms with Crippen molar-refractivity contribution in [2.24, 2.45) is 0 Å². The summed E-state index contributed by atoms with van der Waals surface area (Å²) in [5.74, 6) is -3.67. The number of allylic oxidation sites excluding steroid dienone is 1. The summed E-state index contributed by atoms with van der Waals surface area (Å²) in [5, 5.41) is 19.2. The number of halogens is 1. The number of thiazole rings is 1. The molecule has 108 valence electrons. The second-order valence-electron chi connectivity index (χ2n) is 4.15. The molecule has 1 aromatic carbocycles. The molecule has 2 aromatic rings. The first kappa shape index (κ1) is 14.9. The Labute approximate surface area is 123 Å². The van der Waals surface area contributed by atoms with Gasteiger partial charge in [0, 0.05) is 17.9 Å². The van der Waals surface area contributed by atoms with Crippen molar-refractivity contribution in [3.8, 4) is 0 Å². The number of aliphatic carboxylic acids is 1. The Bertz CT molecular complexity index is 723. The molecule has 0 radical (unpaired) electrons. The van der Waals surface area contributed by atoms with Crippen molar-refractivity contribution >= 4 is 23.1 Å². The predicted octanol–water partition coefficient (Wildman–Crippen LogP) is 2.58. The lowest BCUT2D eigenvalue weighted by molar-refractivity contribution is -0.135. The highest BCUT2D eigenvalue weighted by Crippen LogP contribution is 2.16. The van der Waals surface area contributed by atoms with Gasteiger partial charge in [0.25, 0.3) is 0 Å². The summed E-state index contributed by atoms with van der Waals surface area (Å²) in [5.41, 5.74) is 1.28. The molecule has 0 fully saturated rings. The van der Waals surface area contributed by atoms with E-state index in [2.05, 4.69) is 4.98 Å². The Hall–Kier alpha value is -2.54. The van der Waals surface area contributed by atoms with E-state index in [4.69, 9.17) is 10.2 Å². The molecule has 0 saturated carbocycles. The average Bonchev–Trinajstić information content (AvgIpc) is 2.87. The van der Waals surface area contributed by atoms with Crippen LogP contribution in [0.4, 0.5) is 4.39 Å². The zero-order valence-corrected chi connectivity index (χ0v) is 11.4. The molecular formula is C14H10FNO4S. The van der Waals surface area contributed by atoms with Gasteiger partial charge in [-0.15, -0.1) is 11.3 Å². The first-order valence-corrected chi connectivity index (χ1v) is 6.71. The third-order valence-electron chi connectivity index (χ3n) is 2.52. The zero-order chi connectivity index (χ0) is 15.4. The minimum atomic E-state index is -1.58. The summed E-state index contributed by atoms with van der Waals surface area (Å²) in [6, 6.07) is 6.02. The predicted molar refractivity (Wildman–Crippen MR) is 74.0 cm³/mol. The van der Waals surface area contributed by atoms with Crippen LogP contribution in [0.25, 0.3) is 0 Å². The molecule has 0 atom stereocenters. The Kier molecular flexibility index (Phi) is 4.44. The maximum atomic E-state index is 13.1. The highest BCUT2D eigenvalue weighted by atomic mass is 32.1. The van der Waals surface area contributed by atoms with Gasteiger partial charge < -0.3 is 10.2 Å². The number of carbonyl (C=O) groups excluding carboxylic acids is 1. The smallest absolute Gasteiger partial charge is 0.371 e. The molecule has 0 spiro atoms. The van der Waals surface area contributed by atoms with Crippen LogP contribution in [-0.2, 0) is 11.2 Å². The van der Waals surface area contributed by atoms with Crippen molar-refractivity contribution in [3.63, 3.8) is 0 Å². The molecule has 0 unspecified atom stereocenters. The summed E-state index contributed by atoms with van der Waals surface area (Å²) in [4.78, 5) is 26.1. The number of hydrogen-bond acceptors (Lipinski definition) is 5. The number of rotatable bonds is 5. The van der Waals surface area contributed by atoms with Gasteiger partial charge >= 0.3 is 5.97 Å². The molecule has 0 amide bonds. The molecule has 0 saturated heterocycles. The van der Waals surface area contributed by atoms with Gasteiger partial charge in [0.15, 0.2) is 5.01 Å². The first-order chi connectivity index (χ1) is 9.95. The fourth-order valence-electron chi connectivity index (χ4n) is 1.61. The maximum Gasteiger partial charge on any atom is 0.371 e. The van der Waals surface area contributed by atoms with Crippen LogP contribution in [0.3, 0.4) is 0 Å². The van der Waals surface area contributed by atoms with E-state index in [1.54, 1.807) is 17.5 Å². The van der Waals surface area contributed by atoms with Crippen molar-refractivity contribution in [1.82, 2.24) is 4.98 Å². The Morgan fingerprint density at radius 1 is 1.33 bits per heavy atom. The normalized spacial score (nSPS) is 11.4. The van der Waals surface area contributed by atoms with Crippen molar-refractivity contribution in [2.45, 2.75) is 6.42 Å². The Morgan fingerprint density at radius 2 is 2.10 bits per heavy atom. The molecular weight excluding hydrogens is 297 g/mol. The van der Waals surface area contributed by atoms with Crippen LogP contribution in [-0.4, -0.2) is 26.9 Å². The second-order valence-corrected chi connectivity index (χ2v) is 5.01. The highest BCUT2D eigenvalue weighted by molar-refractivity contribution is 7.11.